The van der Waals surface area contributed by atoms with Gasteiger partial charge in [0.2, 0.25) is 5.91 Å². The van der Waals surface area contributed by atoms with Crippen LogP contribution < -0.4 is 21.3 Å². The van der Waals surface area contributed by atoms with Crippen molar-refractivity contribution in [1.29, 1.82) is 0 Å². The molecule has 0 radical (unpaired) electrons. The van der Waals surface area contributed by atoms with Gasteiger partial charge < -0.3 is 21.3 Å². The first kappa shape index (κ1) is 23.8. The van der Waals surface area contributed by atoms with Crippen molar-refractivity contribution in [3.05, 3.63) is 76.0 Å². The van der Waals surface area contributed by atoms with E-state index in [1.165, 1.54) is 0 Å². The second-order valence-corrected chi connectivity index (χ2v) is 8.62. The highest BCUT2D eigenvalue weighted by Crippen LogP contribution is 2.20. The van der Waals surface area contributed by atoms with E-state index in [0.29, 0.717) is 29.6 Å². The molecule has 2 aliphatic rings. The average Bonchev–Trinajstić information content (AvgIpc) is 3.01. The molecule has 2 heterocycles. The third-order valence-electron chi connectivity index (χ3n) is 5.19. The molecule has 1 fully saturated rings. The first-order valence-corrected chi connectivity index (χ1v) is 11.3. The Kier molecular flexibility index (Phi) is 8.25. The van der Waals surface area contributed by atoms with E-state index in [9.17, 15) is 9.59 Å². The van der Waals surface area contributed by atoms with E-state index >= 15 is 0 Å². The largest absolute Gasteiger partial charge is 0.358 e. The van der Waals surface area contributed by atoms with E-state index in [2.05, 4.69) is 27.8 Å². The highest BCUT2D eigenvalue weighted by Gasteiger charge is 2.18. The Morgan fingerprint density at radius 1 is 1.16 bits per heavy atom. The lowest BCUT2D eigenvalue weighted by Crippen LogP contribution is -2.27. The molecule has 0 aromatic heterocycles. The zero-order valence-electron chi connectivity index (χ0n) is 18.0. The first-order valence-electron chi connectivity index (χ1n) is 10.5. The average molecular weight is 471 g/mol. The molecule has 2 aliphatic heterocycles. The molecule has 0 saturated carbocycles. The quantitative estimate of drug-likeness (QED) is 0.494. The van der Waals surface area contributed by atoms with Gasteiger partial charge >= 0.3 is 0 Å². The maximum Gasteiger partial charge on any atom is 0.251 e. The lowest BCUT2D eigenvalue weighted by molar-refractivity contribution is -0.120. The van der Waals surface area contributed by atoms with Gasteiger partial charge in [-0.15, -0.1) is 0 Å². The van der Waals surface area contributed by atoms with Gasteiger partial charge in [-0.2, -0.15) is 0 Å². The zero-order chi connectivity index (χ0) is 23.1. The predicted octanol–water partition coefficient (Wildman–Crippen LogP) is 4.57. The van der Waals surface area contributed by atoms with Crippen molar-refractivity contribution in [2.24, 2.45) is 0 Å². The fraction of sp³-hybridized carbons (Fsp3) is 0.292. The predicted molar refractivity (Wildman–Crippen MR) is 133 cm³/mol. The molecule has 6 nitrogen and oxygen atoms in total. The summed E-state index contributed by atoms with van der Waals surface area (Å²) < 4.78 is 0. The van der Waals surface area contributed by atoms with Crippen LogP contribution in [0.4, 0.5) is 5.69 Å². The Bertz CT molecular complexity index is 1040. The van der Waals surface area contributed by atoms with Crippen LogP contribution in [0.5, 0.6) is 0 Å². The number of fused-ring (bicyclic) bond motifs is 1. The molecule has 32 heavy (non-hydrogen) atoms. The van der Waals surface area contributed by atoms with Gasteiger partial charge in [-0.05, 0) is 73.3 Å². The number of rotatable bonds is 3. The summed E-state index contributed by atoms with van der Waals surface area (Å²) in [6, 6.07) is 11.5. The number of aryl methyl sites for hydroxylation is 1. The van der Waals surface area contributed by atoms with Gasteiger partial charge in [0, 0.05) is 41.5 Å². The number of hydrogen-bond acceptors (Lipinski definition) is 3. The summed E-state index contributed by atoms with van der Waals surface area (Å²) in [5.74, 6) is 0.116. The van der Waals surface area contributed by atoms with Crippen molar-refractivity contribution in [2.45, 2.75) is 45.7 Å². The fourth-order valence-electron chi connectivity index (χ4n) is 3.37. The summed E-state index contributed by atoms with van der Waals surface area (Å²) in [5.41, 5.74) is 5.60. The fourth-order valence-corrected chi connectivity index (χ4v) is 3.74. The number of thiocarbonyl (C=S) groups is 1. The second-order valence-electron chi connectivity index (χ2n) is 7.80. The highest BCUT2D eigenvalue weighted by atomic mass is 35.5. The molecule has 4 rings (SSSR count). The van der Waals surface area contributed by atoms with Crippen LogP contribution in [0.25, 0.3) is 0 Å². The number of anilines is 1. The number of allylic oxidation sites excluding steroid dienone is 1. The number of carbonyl (C=O) groups excluding carboxylic acids is 2. The molecule has 0 bridgehead atoms. The normalized spacial score (nSPS) is 14.9. The van der Waals surface area contributed by atoms with Crippen LogP contribution in [0.3, 0.4) is 0 Å². The smallest absolute Gasteiger partial charge is 0.251 e. The Balaban J connectivity index is 0.000000269. The summed E-state index contributed by atoms with van der Waals surface area (Å²) >= 11 is 11.4. The monoisotopic (exact) mass is 470 g/mol. The molecule has 168 valence electrons. The third kappa shape index (κ3) is 6.80. The Morgan fingerprint density at radius 3 is 2.72 bits per heavy atom. The lowest BCUT2D eigenvalue weighted by atomic mass is 10.1. The Labute approximate surface area is 198 Å². The molecule has 4 N–H and O–H groups in total. The van der Waals surface area contributed by atoms with Crippen molar-refractivity contribution >= 4 is 46.4 Å². The van der Waals surface area contributed by atoms with Gasteiger partial charge in [-0.1, -0.05) is 36.4 Å². The number of nitrogens with one attached hydrogen (secondary N) is 4. The van der Waals surface area contributed by atoms with Crippen LogP contribution in [0.2, 0.25) is 5.02 Å². The third-order valence-corrected chi connectivity index (χ3v) is 5.84. The molecule has 2 aromatic carbocycles. The molecule has 1 saturated heterocycles. The number of benzene rings is 2. The van der Waals surface area contributed by atoms with Crippen molar-refractivity contribution in [1.82, 2.24) is 16.0 Å². The van der Waals surface area contributed by atoms with Gasteiger partial charge in [0.05, 0.1) is 0 Å². The molecule has 2 aromatic rings. The second kappa shape index (κ2) is 11.1. The topological polar surface area (TPSA) is 82.3 Å². The van der Waals surface area contributed by atoms with E-state index < -0.39 is 0 Å². The standard InChI is InChI=1S/C17H16ClN3OS.C7H11NO/c1-10-2-4-13(7-15(10)18)21-17(23)20-8-11-3-5-14-12(6-11)9-19-16(14)22;1-6-4-2-3-5-7(9)8-6/h2-7H,8-9H2,1H3,(H,19,22)(H2,20,21,23);1-5H2,(H,8,9). The maximum absolute atomic E-state index is 11.5. The molecule has 8 heteroatoms. The summed E-state index contributed by atoms with van der Waals surface area (Å²) in [4.78, 5) is 22.3. The molecule has 0 atom stereocenters. The summed E-state index contributed by atoms with van der Waals surface area (Å²) in [5, 5.41) is 13.0. The summed E-state index contributed by atoms with van der Waals surface area (Å²) in [6.07, 6.45) is 3.72. The van der Waals surface area contributed by atoms with Crippen LogP contribution in [-0.4, -0.2) is 16.9 Å². The zero-order valence-corrected chi connectivity index (χ0v) is 19.6. The number of halogens is 1. The Hall–Kier alpha value is -2.90. The molecular weight excluding hydrogens is 444 g/mol. The number of hydrogen-bond donors (Lipinski definition) is 4. The minimum atomic E-state index is -0.00653. The molecule has 0 unspecified atom stereocenters. The molecular formula is C24H27ClN4O2S. The van der Waals surface area contributed by atoms with Crippen molar-refractivity contribution < 1.29 is 9.59 Å². The van der Waals surface area contributed by atoms with Crippen LogP contribution in [0.1, 0.15) is 52.7 Å². The lowest BCUT2D eigenvalue weighted by Gasteiger charge is -2.12. The van der Waals surface area contributed by atoms with Crippen molar-refractivity contribution in [3.8, 4) is 0 Å². The summed E-state index contributed by atoms with van der Waals surface area (Å²) in [7, 11) is 0. The van der Waals surface area contributed by atoms with Gasteiger partial charge in [0.25, 0.3) is 5.91 Å². The molecule has 2 amide bonds. The van der Waals surface area contributed by atoms with E-state index in [0.717, 1.165) is 52.9 Å². The van der Waals surface area contributed by atoms with E-state index in [1.54, 1.807) is 0 Å². The molecule has 0 aliphatic carbocycles. The van der Waals surface area contributed by atoms with Crippen LogP contribution >= 0.6 is 23.8 Å². The van der Waals surface area contributed by atoms with E-state index in [4.69, 9.17) is 23.8 Å². The van der Waals surface area contributed by atoms with Gasteiger partial charge in [-0.3, -0.25) is 9.59 Å². The minimum absolute atomic E-state index is 0.00653. The number of amides is 2. The number of carbonyl (C=O) groups is 2. The van der Waals surface area contributed by atoms with E-state index in [-0.39, 0.29) is 11.8 Å². The van der Waals surface area contributed by atoms with Crippen LogP contribution in [0, 0.1) is 6.92 Å². The van der Waals surface area contributed by atoms with Crippen LogP contribution in [-0.2, 0) is 17.9 Å². The SMILES string of the molecule is C=C1CCCCC(=O)N1.Cc1ccc(NC(=S)NCc2ccc3c(c2)CNC3=O)cc1Cl. The van der Waals surface area contributed by atoms with Crippen molar-refractivity contribution in [3.63, 3.8) is 0 Å². The summed E-state index contributed by atoms with van der Waals surface area (Å²) in [6.45, 7) is 6.83. The highest BCUT2D eigenvalue weighted by molar-refractivity contribution is 7.80. The first-order chi connectivity index (χ1) is 15.3. The van der Waals surface area contributed by atoms with Crippen molar-refractivity contribution in [2.75, 3.05) is 5.32 Å². The Morgan fingerprint density at radius 2 is 1.94 bits per heavy atom. The van der Waals surface area contributed by atoms with E-state index in [1.807, 2.05) is 43.3 Å². The van der Waals surface area contributed by atoms with Gasteiger partial charge in [-0.25, -0.2) is 0 Å². The van der Waals surface area contributed by atoms with Crippen LogP contribution in [0.15, 0.2) is 48.7 Å². The van der Waals surface area contributed by atoms with Gasteiger partial charge in [0.15, 0.2) is 5.11 Å². The maximum atomic E-state index is 11.5. The molecule has 0 spiro atoms. The van der Waals surface area contributed by atoms with Gasteiger partial charge in [0.1, 0.15) is 0 Å². The minimum Gasteiger partial charge on any atom is -0.358 e.